The van der Waals surface area contributed by atoms with Crippen LogP contribution in [0.2, 0.25) is 0 Å². The summed E-state index contributed by atoms with van der Waals surface area (Å²) in [6, 6.07) is 6.14. The second-order valence-corrected chi connectivity index (χ2v) is 2.68. The molecule has 0 unspecified atom stereocenters. The lowest BCUT2D eigenvalue weighted by atomic mass is 10.1. The highest BCUT2D eigenvalue weighted by Crippen LogP contribution is 2.13. The fraction of sp³-hybridized carbons (Fsp3) is 0.100. The van der Waals surface area contributed by atoms with Gasteiger partial charge in [0.25, 0.3) is 5.91 Å². The number of nitrogens with two attached hydrogens (primary N) is 1. The molecule has 4 heteroatoms. The Kier molecular flexibility index (Phi) is 3.19. The first kappa shape index (κ1) is 10.2. The highest BCUT2D eigenvalue weighted by atomic mass is 19.1. The van der Waals surface area contributed by atoms with E-state index in [0.29, 0.717) is 5.56 Å². The highest BCUT2D eigenvalue weighted by Gasteiger charge is 2.11. The summed E-state index contributed by atoms with van der Waals surface area (Å²) in [5.41, 5.74) is 5.11. The molecule has 1 aromatic carbocycles. The average molecular weight is 191 g/mol. The molecule has 1 radical (unpaired) electrons. The average Bonchev–Trinajstić information content (AvgIpc) is 2.16. The predicted octanol–water partition coefficient (Wildman–Crippen LogP) is 1.19. The fourth-order valence-corrected chi connectivity index (χ4v) is 1.08. The molecule has 71 valence electrons. The van der Waals surface area contributed by atoms with Crippen LogP contribution in [-0.2, 0) is 6.42 Å². The number of benzene rings is 1. The highest BCUT2D eigenvalue weighted by molar-refractivity contribution is 5.93. The van der Waals surface area contributed by atoms with Crippen molar-refractivity contribution in [1.29, 1.82) is 5.26 Å². The first-order valence-corrected chi connectivity index (χ1v) is 3.95. The minimum atomic E-state index is -0.804. The first-order chi connectivity index (χ1) is 6.66. The number of carbonyl (C=O) groups is 1. The first-order valence-electron chi connectivity index (χ1n) is 3.95. The van der Waals surface area contributed by atoms with Crippen molar-refractivity contribution in [2.45, 2.75) is 6.42 Å². The maximum Gasteiger partial charge on any atom is 0.251 e. The lowest BCUT2D eigenvalue weighted by Gasteiger charge is -2.03. The predicted molar refractivity (Wildman–Crippen MR) is 48.5 cm³/mol. The Bertz CT molecular complexity index is 396. The van der Waals surface area contributed by atoms with E-state index in [-0.39, 0.29) is 12.0 Å². The van der Waals surface area contributed by atoms with Crippen LogP contribution in [0, 0.1) is 23.6 Å². The smallest absolute Gasteiger partial charge is 0.251 e. The van der Waals surface area contributed by atoms with E-state index in [1.54, 1.807) is 6.07 Å². The lowest BCUT2D eigenvalue weighted by molar-refractivity contribution is 0.0996. The van der Waals surface area contributed by atoms with Crippen molar-refractivity contribution >= 4 is 5.91 Å². The van der Waals surface area contributed by atoms with E-state index < -0.39 is 11.7 Å². The molecule has 0 atom stereocenters. The molecule has 0 bridgehead atoms. The zero-order valence-electron chi connectivity index (χ0n) is 7.33. The van der Waals surface area contributed by atoms with Gasteiger partial charge in [-0.3, -0.25) is 4.79 Å². The number of hydrogen-bond acceptors (Lipinski definition) is 2. The summed E-state index contributed by atoms with van der Waals surface area (Å²) >= 11 is 0. The molecule has 1 aromatic rings. The van der Waals surface area contributed by atoms with Gasteiger partial charge in [0, 0.05) is 0 Å². The molecule has 1 amide bonds. The standard InChI is InChI=1S/C10H8FN2O/c11-9-7(4-2-6-12)3-1-5-8(9)10(13)14/h1-3,5H,4H2,(H2,13,14). The monoisotopic (exact) mass is 191 g/mol. The number of carbonyl (C=O) groups excluding carboxylic acids is 1. The summed E-state index contributed by atoms with van der Waals surface area (Å²) in [5, 5.41) is 8.28. The summed E-state index contributed by atoms with van der Waals surface area (Å²) in [6.07, 6.45) is 1.42. The van der Waals surface area contributed by atoms with Gasteiger partial charge in [-0.15, -0.1) is 0 Å². The Labute approximate surface area is 81.0 Å². The molecular formula is C10H8FN2O. The summed E-state index contributed by atoms with van der Waals surface area (Å²) in [7, 11) is 0. The minimum Gasteiger partial charge on any atom is -0.366 e. The molecule has 14 heavy (non-hydrogen) atoms. The Balaban J connectivity index is 3.02. The number of halogens is 1. The normalized spacial score (nSPS) is 9.43. The molecule has 0 spiro atoms. The van der Waals surface area contributed by atoms with Gasteiger partial charge in [0.05, 0.1) is 18.1 Å². The Morgan fingerprint density at radius 1 is 1.64 bits per heavy atom. The van der Waals surface area contributed by atoms with Crippen molar-refractivity contribution in [1.82, 2.24) is 0 Å². The number of hydrogen-bond donors (Lipinski definition) is 1. The molecule has 0 aliphatic heterocycles. The van der Waals surface area contributed by atoms with Gasteiger partial charge in [-0.25, -0.2) is 4.39 Å². The quantitative estimate of drug-likeness (QED) is 0.779. The molecule has 3 nitrogen and oxygen atoms in total. The molecule has 0 heterocycles. The summed E-state index contributed by atoms with van der Waals surface area (Å²) in [5.74, 6) is -1.45. The maximum absolute atomic E-state index is 13.4. The third-order valence-electron chi connectivity index (χ3n) is 1.76. The van der Waals surface area contributed by atoms with Gasteiger partial charge in [0.15, 0.2) is 0 Å². The van der Waals surface area contributed by atoms with Gasteiger partial charge < -0.3 is 5.73 Å². The zero-order valence-corrected chi connectivity index (χ0v) is 7.33. The third kappa shape index (κ3) is 2.07. The van der Waals surface area contributed by atoms with E-state index in [9.17, 15) is 9.18 Å². The Morgan fingerprint density at radius 2 is 2.36 bits per heavy atom. The van der Waals surface area contributed by atoms with Crippen molar-refractivity contribution in [2.75, 3.05) is 0 Å². The molecule has 2 N–H and O–H groups in total. The molecule has 0 aliphatic rings. The van der Waals surface area contributed by atoms with Crippen LogP contribution in [0.15, 0.2) is 18.2 Å². The van der Waals surface area contributed by atoms with E-state index in [1.807, 2.05) is 0 Å². The van der Waals surface area contributed by atoms with Crippen molar-refractivity contribution in [3.63, 3.8) is 0 Å². The van der Waals surface area contributed by atoms with Crippen molar-refractivity contribution in [3.8, 4) is 6.07 Å². The number of nitriles is 1. The summed E-state index contributed by atoms with van der Waals surface area (Å²) in [4.78, 5) is 10.8. The zero-order chi connectivity index (χ0) is 10.6. The van der Waals surface area contributed by atoms with Gasteiger partial charge in [-0.2, -0.15) is 5.26 Å². The van der Waals surface area contributed by atoms with E-state index in [2.05, 4.69) is 0 Å². The van der Waals surface area contributed by atoms with Crippen LogP contribution in [0.1, 0.15) is 15.9 Å². The van der Waals surface area contributed by atoms with Crippen LogP contribution in [0.4, 0.5) is 4.39 Å². The van der Waals surface area contributed by atoms with E-state index in [0.717, 1.165) is 0 Å². The van der Waals surface area contributed by atoms with Gasteiger partial charge >= 0.3 is 0 Å². The lowest BCUT2D eigenvalue weighted by Crippen LogP contribution is -2.14. The van der Waals surface area contributed by atoms with Crippen molar-refractivity contribution in [3.05, 3.63) is 41.6 Å². The van der Waals surface area contributed by atoms with Crippen LogP contribution in [0.5, 0.6) is 0 Å². The number of primary amides is 1. The molecular weight excluding hydrogens is 183 g/mol. The van der Waals surface area contributed by atoms with E-state index >= 15 is 0 Å². The van der Waals surface area contributed by atoms with Gasteiger partial charge in [0.1, 0.15) is 5.82 Å². The summed E-state index contributed by atoms with van der Waals surface area (Å²) < 4.78 is 13.4. The molecule has 0 saturated carbocycles. The molecule has 0 saturated heterocycles. The molecule has 0 fully saturated rings. The van der Waals surface area contributed by atoms with E-state index in [4.69, 9.17) is 11.0 Å². The van der Waals surface area contributed by atoms with Crippen LogP contribution in [0.25, 0.3) is 0 Å². The van der Waals surface area contributed by atoms with Crippen LogP contribution in [0.3, 0.4) is 0 Å². The molecule has 0 aromatic heterocycles. The number of rotatable bonds is 3. The fourth-order valence-electron chi connectivity index (χ4n) is 1.08. The van der Waals surface area contributed by atoms with Crippen LogP contribution < -0.4 is 5.73 Å². The Morgan fingerprint density at radius 3 is 2.93 bits per heavy atom. The van der Waals surface area contributed by atoms with Crippen molar-refractivity contribution < 1.29 is 9.18 Å². The number of amides is 1. The molecule has 0 aliphatic carbocycles. The van der Waals surface area contributed by atoms with Crippen LogP contribution >= 0.6 is 0 Å². The summed E-state index contributed by atoms with van der Waals surface area (Å²) in [6.45, 7) is 0. The number of nitrogens with zero attached hydrogens (tertiary/aromatic N) is 1. The van der Waals surface area contributed by atoms with Gasteiger partial charge in [-0.05, 0) is 18.1 Å². The SMILES string of the molecule is N#C[CH]Cc1cccc(C(N)=O)c1F. The van der Waals surface area contributed by atoms with Gasteiger partial charge in [-0.1, -0.05) is 12.1 Å². The third-order valence-corrected chi connectivity index (χ3v) is 1.76. The molecule has 1 rings (SSSR count). The van der Waals surface area contributed by atoms with Gasteiger partial charge in [0.2, 0.25) is 0 Å². The largest absolute Gasteiger partial charge is 0.366 e. The van der Waals surface area contributed by atoms with Crippen LogP contribution in [-0.4, -0.2) is 5.91 Å². The second kappa shape index (κ2) is 4.38. The second-order valence-electron chi connectivity index (χ2n) is 2.68. The van der Waals surface area contributed by atoms with Crippen molar-refractivity contribution in [2.24, 2.45) is 5.73 Å². The topological polar surface area (TPSA) is 66.9 Å². The maximum atomic E-state index is 13.4. The van der Waals surface area contributed by atoms with E-state index in [1.165, 1.54) is 24.6 Å². The Hall–Kier alpha value is -1.89. The minimum absolute atomic E-state index is 0.145.